The molecule has 0 bridgehead atoms. The Labute approximate surface area is 188 Å². The normalized spacial score (nSPS) is 12.1. The maximum Gasteiger partial charge on any atom is 0.416 e. The quantitative estimate of drug-likeness (QED) is 0.467. The van der Waals surface area contributed by atoms with Gasteiger partial charge in [0.25, 0.3) is 10.0 Å². The first-order valence-electron chi connectivity index (χ1n) is 9.42. The number of nitrogens with zero attached hydrogens (tertiary/aromatic N) is 2. The summed E-state index contributed by atoms with van der Waals surface area (Å²) in [6, 6.07) is 11.6. The summed E-state index contributed by atoms with van der Waals surface area (Å²) < 4.78 is 72.1. The minimum Gasteiger partial charge on any atom is -0.476 e. The fourth-order valence-electron chi connectivity index (χ4n) is 2.64. The van der Waals surface area contributed by atoms with Crippen LogP contribution >= 0.6 is 11.6 Å². The lowest BCUT2D eigenvalue weighted by Gasteiger charge is -2.13. The first kappa shape index (κ1) is 23.8. The van der Waals surface area contributed by atoms with Gasteiger partial charge in [0.1, 0.15) is 4.90 Å². The molecule has 3 aromatic rings. The Balaban J connectivity index is 1.84. The summed E-state index contributed by atoms with van der Waals surface area (Å²) in [7, 11) is -4.39. The van der Waals surface area contributed by atoms with E-state index in [2.05, 4.69) is 14.9 Å². The van der Waals surface area contributed by atoms with Gasteiger partial charge in [0.15, 0.2) is 0 Å². The molecule has 0 aliphatic rings. The van der Waals surface area contributed by atoms with Crippen LogP contribution in [0.15, 0.2) is 59.5 Å². The van der Waals surface area contributed by atoms with E-state index in [4.69, 9.17) is 16.3 Å². The minimum atomic E-state index is -4.71. The monoisotopic (exact) mass is 485 g/mol. The second-order valence-electron chi connectivity index (χ2n) is 7.29. The molecule has 0 fully saturated rings. The summed E-state index contributed by atoms with van der Waals surface area (Å²) in [5.74, 6) is 0.685. The van der Waals surface area contributed by atoms with Gasteiger partial charge in [0, 0.05) is 17.3 Å². The molecule has 0 spiro atoms. The van der Waals surface area contributed by atoms with Gasteiger partial charge in [-0.3, -0.25) is 4.72 Å². The third-order valence-electron chi connectivity index (χ3n) is 4.16. The Morgan fingerprint density at radius 3 is 2.44 bits per heavy atom. The molecule has 1 heterocycles. The molecule has 0 radical (unpaired) electrons. The highest BCUT2D eigenvalue weighted by Crippen LogP contribution is 2.34. The minimum absolute atomic E-state index is 0.123. The summed E-state index contributed by atoms with van der Waals surface area (Å²) in [5.41, 5.74) is 0.00674. The van der Waals surface area contributed by atoms with Crippen molar-refractivity contribution in [2.75, 3.05) is 11.3 Å². The van der Waals surface area contributed by atoms with Crippen LogP contribution in [0.5, 0.6) is 5.88 Å². The summed E-state index contributed by atoms with van der Waals surface area (Å²) in [6.45, 7) is 4.49. The van der Waals surface area contributed by atoms with Crippen LogP contribution in [0, 0.1) is 5.92 Å². The van der Waals surface area contributed by atoms with E-state index in [0.717, 1.165) is 12.1 Å². The lowest BCUT2D eigenvalue weighted by molar-refractivity contribution is -0.137. The largest absolute Gasteiger partial charge is 0.476 e. The van der Waals surface area contributed by atoms with Crippen molar-refractivity contribution in [2.45, 2.75) is 24.9 Å². The number of ether oxygens (including phenoxy) is 1. The predicted molar refractivity (Wildman–Crippen MR) is 115 cm³/mol. The van der Waals surface area contributed by atoms with Gasteiger partial charge in [-0.2, -0.15) is 13.2 Å². The molecule has 11 heteroatoms. The van der Waals surface area contributed by atoms with Crippen molar-refractivity contribution in [1.29, 1.82) is 0 Å². The zero-order valence-electron chi connectivity index (χ0n) is 17.0. The van der Waals surface area contributed by atoms with E-state index in [1.807, 2.05) is 13.8 Å². The van der Waals surface area contributed by atoms with Crippen molar-refractivity contribution in [1.82, 2.24) is 10.2 Å². The molecular formula is C21H19ClF3N3O3S. The Kier molecular flexibility index (Phi) is 6.94. The maximum atomic E-state index is 13.0. The first-order chi connectivity index (χ1) is 15.0. The van der Waals surface area contributed by atoms with Crippen molar-refractivity contribution in [2.24, 2.45) is 5.92 Å². The van der Waals surface area contributed by atoms with Gasteiger partial charge >= 0.3 is 6.18 Å². The van der Waals surface area contributed by atoms with Crippen LogP contribution in [0.2, 0.25) is 5.02 Å². The Morgan fingerprint density at radius 1 is 1.06 bits per heavy atom. The summed E-state index contributed by atoms with van der Waals surface area (Å²) in [6.07, 6.45) is -4.71. The highest BCUT2D eigenvalue weighted by Gasteiger charge is 2.32. The molecule has 0 amide bonds. The fourth-order valence-corrected chi connectivity index (χ4v) is 4.22. The van der Waals surface area contributed by atoms with Crippen LogP contribution < -0.4 is 9.46 Å². The molecule has 0 saturated heterocycles. The van der Waals surface area contributed by atoms with Gasteiger partial charge in [-0.15, -0.1) is 10.2 Å². The van der Waals surface area contributed by atoms with Crippen molar-refractivity contribution < 1.29 is 26.3 Å². The standard InChI is InChI=1S/C21H19ClF3N3O3S/c1-13(2)12-31-20-9-8-18(26-27-20)14-4-3-5-16(10-14)28-32(29,30)19-11-15(21(23,24)25)6-7-17(19)22/h3-11,13,28H,12H2,1-2H3. The molecule has 1 N–H and O–H groups in total. The van der Waals surface area contributed by atoms with Crippen LogP contribution in [-0.2, 0) is 16.2 Å². The average molecular weight is 486 g/mol. The SMILES string of the molecule is CC(C)COc1ccc(-c2cccc(NS(=O)(=O)c3cc(C(F)(F)F)ccc3Cl)c2)nn1. The summed E-state index contributed by atoms with van der Waals surface area (Å²) in [4.78, 5) is -0.675. The van der Waals surface area contributed by atoms with E-state index in [0.29, 0.717) is 35.7 Å². The van der Waals surface area contributed by atoms with E-state index < -0.39 is 26.7 Å². The van der Waals surface area contributed by atoms with Gasteiger partial charge in [-0.05, 0) is 42.3 Å². The average Bonchev–Trinajstić information content (AvgIpc) is 2.72. The number of nitrogens with one attached hydrogen (secondary N) is 1. The number of hydrogen-bond acceptors (Lipinski definition) is 5. The molecule has 3 rings (SSSR count). The zero-order valence-corrected chi connectivity index (χ0v) is 18.6. The molecular weight excluding hydrogens is 467 g/mol. The van der Waals surface area contributed by atoms with Gasteiger partial charge in [0.05, 0.1) is 22.9 Å². The highest BCUT2D eigenvalue weighted by molar-refractivity contribution is 7.92. The van der Waals surface area contributed by atoms with Gasteiger partial charge in [-0.25, -0.2) is 8.42 Å². The zero-order chi connectivity index (χ0) is 23.5. The van der Waals surface area contributed by atoms with Gasteiger partial charge < -0.3 is 4.74 Å². The predicted octanol–water partition coefficient (Wildman–Crippen LogP) is 5.65. The molecule has 2 aromatic carbocycles. The second kappa shape index (κ2) is 9.33. The Hall–Kier alpha value is -2.85. The molecule has 170 valence electrons. The van der Waals surface area contributed by atoms with Crippen LogP contribution in [0.4, 0.5) is 18.9 Å². The van der Waals surface area contributed by atoms with Gasteiger partial charge in [-0.1, -0.05) is 37.6 Å². The van der Waals surface area contributed by atoms with Crippen LogP contribution in [0.3, 0.4) is 0 Å². The summed E-state index contributed by atoms with van der Waals surface area (Å²) >= 11 is 5.87. The van der Waals surface area contributed by atoms with E-state index in [-0.39, 0.29) is 10.7 Å². The summed E-state index contributed by atoms with van der Waals surface area (Å²) in [5, 5.41) is 7.74. The number of sulfonamides is 1. The number of aromatic nitrogens is 2. The second-order valence-corrected chi connectivity index (χ2v) is 9.35. The number of rotatable bonds is 7. The van der Waals surface area contributed by atoms with E-state index >= 15 is 0 Å². The molecule has 0 aliphatic heterocycles. The molecule has 0 atom stereocenters. The number of benzene rings is 2. The molecule has 0 unspecified atom stereocenters. The lowest BCUT2D eigenvalue weighted by atomic mass is 10.1. The Morgan fingerprint density at radius 2 is 1.81 bits per heavy atom. The van der Waals surface area contributed by atoms with Crippen molar-refractivity contribution in [3.8, 4) is 17.1 Å². The first-order valence-corrected chi connectivity index (χ1v) is 11.3. The number of anilines is 1. The number of halogens is 4. The smallest absolute Gasteiger partial charge is 0.416 e. The van der Waals surface area contributed by atoms with Crippen molar-refractivity contribution in [3.05, 3.63) is 65.2 Å². The lowest BCUT2D eigenvalue weighted by Crippen LogP contribution is -2.15. The fraction of sp³-hybridized carbons (Fsp3) is 0.238. The Bertz CT molecular complexity index is 1200. The highest BCUT2D eigenvalue weighted by atomic mass is 35.5. The molecule has 0 saturated carbocycles. The third-order valence-corrected chi connectivity index (χ3v) is 6.03. The molecule has 0 aliphatic carbocycles. The third kappa shape index (κ3) is 5.89. The number of alkyl halides is 3. The van der Waals surface area contributed by atoms with Gasteiger partial charge in [0.2, 0.25) is 5.88 Å². The van der Waals surface area contributed by atoms with Crippen LogP contribution in [-0.4, -0.2) is 25.2 Å². The van der Waals surface area contributed by atoms with Crippen LogP contribution in [0.1, 0.15) is 19.4 Å². The van der Waals surface area contributed by atoms with Crippen molar-refractivity contribution >= 4 is 27.3 Å². The van der Waals surface area contributed by atoms with E-state index in [9.17, 15) is 21.6 Å². The maximum absolute atomic E-state index is 13.0. The molecule has 1 aromatic heterocycles. The van der Waals surface area contributed by atoms with E-state index in [1.54, 1.807) is 24.3 Å². The molecule has 32 heavy (non-hydrogen) atoms. The number of hydrogen-bond donors (Lipinski definition) is 1. The van der Waals surface area contributed by atoms with E-state index in [1.165, 1.54) is 12.1 Å². The topological polar surface area (TPSA) is 81.2 Å². The van der Waals surface area contributed by atoms with Crippen LogP contribution in [0.25, 0.3) is 11.3 Å². The molecule has 6 nitrogen and oxygen atoms in total. The van der Waals surface area contributed by atoms with Crippen molar-refractivity contribution in [3.63, 3.8) is 0 Å².